The van der Waals surface area contributed by atoms with Crippen LogP contribution < -0.4 is 10.7 Å². The van der Waals surface area contributed by atoms with Gasteiger partial charge in [0.1, 0.15) is 16.7 Å². The van der Waals surface area contributed by atoms with Gasteiger partial charge in [-0.15, -0.1) is 0 Å². The van der Waals surface area contributed by atoms with Gasteiger partial charge >= 0.3 is 0 Å². The quantitative estimate of drug-likeness (QED) is 0.261. The number of hydrogen-bond donors (Lipinski definition) is 2. The first-order valence-electron chi connectivity index (χ1n) is 10.6. The van der Waals surface area contributed by atoms with Crippen LogP contribution in [-0.2, 0) is 9.84 Å². The van der Waals surface area contributed by atoms with Crippen molar-refractivity contribution in [2.24, 2.45) is 11.0 Å². The molecule has 4 aromatic rings. The summed E-state index contributed by atoms with van der Waals surface area (Å²) in [4.78, 5) is 15.0. The van der Waals surface area contributed by atoms with E-state index in [0.29, 0.717) is 42.3 Å². The molecule has 1 saturated heterocycles. The molecular formula is C21H23N9O2S. The molecular weight excluding hydrogens is 442 g/mol. The van der Waals surface area contributed by atoms with Gasteiger partial charge in [-0.3, -0.25) is 0 Å². The predicted octanol–water partition coefficient (Wildman–Crippen LogP) is 3.29. The van der Waals surface area contributed by atoms with E-state index in [1.165, 1.54) is 0 Å². The van der Waals surface area contributed by atoms with Gasteiger partial charge in [0.05, 0.1) is 4.90 Å². The molecule has 0 radical (unpaired) electrons. The van der Waals surface area contributed by atoms with Crippen LogP contribution in [0.5, 0.6) is 0 Å². The van der Waals surface area contributed by atoms with E-state index in [1.54, 1.807) is 42.1 Å². The number of aromatic nitrogens is 4. The minimum atomic E-state index is -3.95. The molecule has 170 valence electrons. The van der Waals surface area contributed by atoms with Gasteiger partial charge in [-0.2, -0.15) is 0 Å². The van der Waals surface area contributed by atoms with Crippen molar-refractivity contribution in [3.8, 4) is 0 Å². The lowest BCUT2D eigenvalue weighted by Crippen LogP contribution is -2.42. The SMILES string of the molecule is Cc1ccccc1S(=O)(=O)c1nc2[nH]ccc2c2c1nc(N)n2N1CCC(CN=[N+]=[N-])CC1. The number of hydrogen-bond acceptors (Lipinski definition) is 7. The highest BCUT2D eigenvalue weighted by atomic mass is 32.2. The third-order valence-electron chi connectivity index (χ3n) is 6.19. The summed E-state index contributed by atoms with van der Waals surface area (Å²) in [6.45, 7) is 3.57. The molecule has 3 N–H and O–H groups in total. The number of rotatable bonds is 5. The first-order chi connectivity index (χ1) is 15.9. The highest BCUT2D eigenvalue weighted by Crippen LogP contribution is 2.34. The van der Waals surface area contributed by atoms with Crippen LogP contribution >= 0.6 is 0 Å². The van der Waals surface area contributed by atoms with Gasteiger partial charge in [0, 0.05) is 36.1 Å². The minimum absolute atomic E-state index is 0.120. The highest BCUT2D eigenvalue weighted by Gasteiger charge is 2.30. The smallest absolute Gasteiger partial charge is 0.226 e. The summed E-state index contributed by atoms with van der Waals surface area (Å²) in [7, 11) is -3.95. The van der Waals surface area contributed by atoms with E-state index in [2.05, 4.69) is 30.0 Å². The average Bonchev–Trinajstić information content (AvgIpc) is 3.41. The summed E-state index contributed by atoms with van der Waals surface area (Å²) < 4.78 is 29.1. The second-order valence-electron chi connectivity index (χ2n) is 8.22. The van der Waals surface area contributed by atoms with Crippen LogP contribution in [0.15, 0.2) is 51.6 Å². The molecule has 11 nitrogen and oxygen atoms in total. The van der Waals surface area contributed by atoms with Gasteiger partial charge in [-0.1, -0.05) is 23.3 Å². The Morgan fingerprint density at radius 3 is 2.73 bits per heavy atom. The van der Waals surface area contributed by atoms with Crippen molar-refractivity contribution >= 4 is 37.9 Å². The summed E-state index contributed by atoms with van der Waals surface area (Å²) in [6.07, 6.45) is 3.38. The Hall–Kier alpha value is -3.76. The number of piperidine rings is 1. The van der Waals surface area contributed by atoms with Gasteiger partial charge in [0.15, 0.2) is 5.03 Å². The molecule has 33 heavy (non-hydrogen) atoms. The van der Waals surface area contributed by atoms with Crippen molar-refractivity contribution in [1.82, 2.24) is 19.6 Å². The Balaban J connectivity index is 1.67. The minimum Gasteiger partial charge on any atom is -0.368 e. The number of azide groups is 1. The summed E-state index contributed by atoms with van der Waals surface area (Å²) in [5, 5.41) is 6.39. The van der Waals surface area contributed by atoms with E-state index in [9.17, 15) is 8.42 Å². The van der Waals surface area contributed by atoms with Gasteiger partial charge < -0.3 is 15.7 Å². The summed E-state index contributed by atoms with van der Waals surface area (Å²) in [5.41, 5.74) is 16.9. The molecule has 1 aliphatic heterocycles. The number of aryl methyl sites for hydroxylation is 1. The van der Waals surface area contributed by atoms with Crippen molar-refractivity contribution < 1.29 is 8.42 Å². The van der Waals surface area contributed by atoms with Crippen molar-refractivity contribution in [3.63, 3.8) is 0 Å². The maximum atomic E-state index is 13.7. The Kier molecular flexibility index (Phi) is 5.10. The number of pyridine rings is 1. The van der Waals surface area contributed by atoms with Gasteiger partial charge in [0.2, 0.25) is 15.8 Å². The third kappa shape index (κ3) is 3.43. The van der Waals surface area contributed by atoms with Crippen molar-refractivity contribution in [1.29, 1.82) is 0 Å². The number of sulfone groups is 1. The number of benzene rings is 1. The van der Waals surface area contributed by atoms with E-state index in [-0.39, 0.29) is 21.4 Å². The van der Waals surface area contributed by atoms with Gasteiger partial charge in [-0.05, 0) is 48.9 Å². The Labute approximate surface area is 189 Å². The number of H-pyrrole nitrogens is 1. The molecule has 0 spiro atoms. The molecule has 0 bridgehead atoms. The van der Waals surface area contributed by atoms with Crippen LogP contribution in [0.3, 0.4) is 0 Å². The Morgan fingerprint density at radius 1 is 1.24 bits per heavy atom. The summed E-state index contributed by atoms with van der Waals surface area (Å²) in [6, 6.07) is 8.67. The lowest BCUT2D eigenvalue weighted by atomic mass is 9.98. The highest BCUT2D eigenvalue weighted by molar-refractivity contribution is 7.91. The van der Waals surface area contributed by atoms with Gasteiger partial charge in [-0.25, -0.2) is 23.1 Å². The number of nitrogen functional groups attached to an aromatic ring is 1. The van der Waals surface area contributed by atoms with Crippen LogP contribution in [0, 0.1) is 12.8 Å². The molecule has 0 aliphatic carbocycles. The normalized spacial score (nSPS) is 15.2. The topological polar surface area (TPSA) is 159 Å². The number of nitrogens with zero attached hydrogens (tertiary/aromatic N) is 7. The maximum absolute atomic E-state index is 13.7. The molecule has 3 aromatic heterocycles. The lowest BCUT2D eigenvalue weighted by Gasteiger charge is -2.34. The largest absolute Gasteiger partial charge is 0.368 e. The molecule has 0 unspecified atom stereocenters. The predicted molar refractivity (Wildman–Crippen MR) is 125 cm³/mol. The van der Waals surface area contributed by atoms with Crippen LogP contribution in [0.1, 0.15) is 18.4 Å². The number of nitrogens with one attached hydrogen (secondary N) is 1. The molecule has 12 heteroatoms. The zero-order valence-electron chi connectivity index (χ0n) is 18.0. The second kappa shape index (κ2) is 7.98. The summed E-state index contributed by atoms with van der Waals surface area (Å²) >= 11 is 0. The summed E-state index contributed by atoms with van der Waals surface area (Å²) in [5.74, 6) is 0.509. The number of nitrogens with two attached hydrogens (primary N) is 1. The van der Waals surface area contributed by atoms with Crippen LogP contribution in [0.4, 0.5) is 5.95 Å². The standard InChI is InChI=1S/C21H23N9O2S/c1-13-4-2-3-5-16(13)33(31,32)20-17-18(15-6-9-24-19(15)27-20)30(21(22)26-17)29-10-7-14(8-11-29)12-25-28-23/h2-6,9,14H,7-8,10-12H2,1H3,(H2,22,26)(H,24,27). The van der Waals surface area contributed by atoms with Crippen LogP contribution in [-0.4, -0.2) is 47.7 Å². The van der Waals surface area contributed by atoms with Crippen molar-refractivity contribution in [2.45, 2.75) is 29.7 Å². The van der Waals surface area contributed by atoms with E-state index in [1.807, 2.05) is 6.07 Å². The molecule has 1 aliphatic rings. The molecule has 4 heterocycles. The van der Waals surface area contributed by atoms with Crippen LogP contribution in [0.25, 0.3) is 32.5 Å². The fourth-order valence-electron chi connectivity index (χ4n) is 4.51. The lowest BCUT2D eigenvalue weighted by molar-refractivity contribution is 0.375. The van der Waals surface area contributed by atoms with Gasteiger partial charge in [0.25, 0.3) is 0 Å². The fraction of sp³-hybridized carbons (Fsp3) is 0.333. The first kappa shape index (κ1) is 21.1. The van der Waals surface area contributed by atoms with Crippen LogP contribution in [0.2, 0.25) is 0 Å². The second-order valence-corrected chi connectivity index (χ2v) is 10.0. The van der Waals surface area contributed by atoms with E-state index < -0.39 is 9.84 Å². The Morgan fingerprint density at radius 2 is 2.00 bits per heavy atom. The third-order valence-corrected chi connectivity index (χ3v) is 8.02. The zero-order valence-corrected chi connectivity index (χ0v) is 18.8. The van der Waals surface area contributed by atoms with E-state index in [0.717, 1.165) is 18.2 Å². The number of aromatic amines is 1. The van der Waals surface area contributed by atoms with Crippen molar-refractivity contribution in [2.75, 3.05) is 30.4 Å². The molecule has 0 atom stereocenters. The maximum Gasteiger partial charge on any atom is 0.226 e. The average molecular weight is 466 g/mol. The zero-order chi connectivity index (χ0) is 23.2. The molecule has 1 fully saturated rings. The van der Waals surface area contributed by atoms with E-state index in [4.69, 9.17) is 11.3 Å². The molecule has 0 saturated carbocycles. The van der Waals surface area contributed by atoms with E-state index >= 15 is 0 Å². The van der Waals surface area contributed by atoms with Crippen molar-refractivity contribution in [3.05, 3.63) is 52.5 Å². The molecule has 5 rings (SSSR count). The molecule has 0 amide bonds. The number of anilines is 1. The monoisotopic (exact) mass is 465 g/mol. The number of fused-ring (bicyclic) bond motifs is 3. The molecule has 1 aromatic carbocycles. The number of imidazole rings is 1. The fourth-order valence-corrected chi connectivity index (χ4v) is 6.08. The Bertz CT molecular complexity index is 1510. The first-order valence-corrected chi connectivity index (χ1v) is 12.1.